The summed E-state index contributed by atoms with van der Waals surface area (Å²) in [6, 6.07) is 14.0. The first-order valence-corrected chi connectivity index (χ1v) is 16.4. The smallest absolute Gasteiger partial charge is 0.263 e. The van der Waals surface area contributed by atoms with E-state index in [4.69, 9.17) is 4.74 Å². The standard InChI is InChI=1S/C33H29N2O7P/c1-15(2)34-29(36)21-10-6-17-19-8-12-23-28-24(32(39)35(31(23)38)33(42-4)16(3)14-43(5,40)41)13-9-20(26(19)28)18-7-11-22(30(34)37)27(21)25(17)18/h6-13,15-16,33H,14H2,1-5H3,(H,40,41)/t16-,33?/m1/s1. The summed E-state index contributed by atoms with van der Waals surface area (Å²) in [5.41, 5.74) is 1.61. The molecule has 218 valence electrons. The second-order valence-corrected chi connectivity index (χ2v) is 14.5. The van der Waals surface area contributed by atoms with Crippen LogP contribution in [-0.2, 0) is 9.30 Å². The fourth-order valence-corrected chi connectivity index (χ4v) is 8.47. The minimum Gasteiger partial charge on any atom is -0.361 e. The molecule has 0 spiro atoms. The van der Waals surface area contributed by atoms with Crippen LogP contribution in [0.4, 0.5) is 0 Å². The molecule has 0 bridgehead atoms. The molecule has 1 N–H and O–H groups in total. The number of carbonyl (C=O) groups excluding carboxylic acids is 4. The third-order valence-corrected chi connectivity index (χ3v) is 10.1. The van der Waals surface area contributed by atoms with Crippen molar-refractivity contribution in [2.75, 3.05) is 19.9 Å². The van der Waals surface area contributed by atoms with Gasteiger partial charge in [-0.2, -0.15) is 0 Å². The summed E-state index contributed by atoms with van der Waals surface area (Å²) in [5.74, 6) is -2.32. The van der Waals surface area contributed by atoms with Gasteiger partial charge >= 0.3 is 0 Å². The van der Waals surface area contributed by atoms with Crippen LogP contribution in [-0.4, -0.2) is 70.5 Å². The minimum atomic E-state index is -3.45. The van der Waals surface area contributed by atoms with Crippen molar-refractivity contribution in [2.24, 2.45) is 5.92 Å². The number of imide groups is 2. The Bertz CT molecular complexity index is 2030. The van der Waals surface area contributed by atoms with Crippen LogP contribution in [0.15, 0.2) is 48.5 Å². The SMILES string of the molecule is COC([C@H](C)C[P@](C)(=O)O)N1C(=O)c2ccc3c4ccc5c6c(ccc(c7ccc(c2c37)C1=O)c64)C(=O)N(C(C)C)C5=O. The zero-order valence-corrected chi connectivity index (χ0v) is 25.2. The molecule has 0 saturated heterocycles. The monoisotopic (exact) mass is 596 g/mol. The molecule has 9 nitrogen and oxygen atoms in total. The van der Waals surface area contributed by atoms with Crippen molar-refractivity contribution in [3.8, 4) is 0 Å². The first kappa shape index (κ1) is 27.7. The van der Waals surface area contributed by atoms with Crippen LogP contribution < -0.4 is 0 Å². The predicted octanol–water partition coefficient (Wildman–Crippen LogP) is 5.85. The molecule has 0 radical (unpaired) electrons. The summed E-state index contributed by atoms with van der Waals surface area (Å²) in [6.07, 6.45) is -1.15. The largest absolute Gasteiger partial charge is 0.361 e. The number of hydrogen-bond donors (Lipinski definition) is 1. The molecule has 0 aromatic heterocycles. The van der Waals surface area contributed by atoms with E-state index in [0.717, 1.165) is 37.2 Å². The number of hydrogen-bond acceptors (Lipinski definition) is 6. The van der Waals surface area contributed by atoms with Gasteiger partial charge in [-0.25, -0.2) is 4.90 Å². The zero-order chi connectivity index (χ0) is 30.7. The molecule has 0 fully saturated rings. The van der Waals surface area contributed by atoms with E-state index in [1.807, 2.05) is 38.1 Å². The molecule has 0 aliphatic carbocycles. The average molecular weight is 597 g/mol. The normalized spacial score (nSPS) is 18.1. The molecule has 43 heavy (non-hydrogen) atoms. The van der Waals surface area contributed by atoms with Crippen molar-refractivity contribution in [3.63, 3.8) is 0 Å². The van der Waals surface area contributed by atoms with E-state index >= 15 is 0 Å². The molecule has 5 aromatic rings. The van der Waals surface area contributed by atoms with Crippen molar-refractivity contribution in [3.05, 3.63) is 70.8 Å². The number of rotatable bonds is 6. The highest BCUT2D eigenvalue weighted by Crippen LogP contribution is 2.47. The maximum atomic E-state index is 14.0. The Morgan fingerprint density at radius 2 is 1.00 bits per heavy atom. The van der Waals surface area contributed by atoms with Gasteiger partial charge < -0.3 is 9.63 Å². The van der Waals surface area contributed by atoms with Crippen LogP contribution in [0, 0.1) is 5.92 Å². The molecule has 1 unspecified atom stereocenters. The fourth-order valence-electron chi connectivity index (χ4n) is 7.22. The predicted molar refractivity (Wildman–Crippen MR) is 164 cm³/mol. The van der Waals surface area contributed by atoms with Crippen molar-refractivity contribution >= 4 is 74.1 Å². The Hall–Kier alpha value is -4.17. The summed E-state index contributed by atoms with van der Waals surface area (Å²) in [5, 5.41) is 5.94. The Morgan fingerprint density at radius 1 is 0.651 bits per heavy atom. The number of methoxy groups -OCH3 is 1. The third-order valence-electron chi connectivity index (χ3n) is 8.82. The molecule has 4 amide bonds. The highest BCUT2D eigenvalue weighted by atomic mass is 31.2. The van der Waals surface area contributed by atoms with Crippen LogP contribution >= 0.6 is 7.37 Å². The van der Waals surface area contributed by atoms with E-state index in [-0.39, 0.29) is 24.0 Å². The average Bonchev–Trinajstić information content (AvgIpc) is 2.94. The molecule has 2 heterocycles. The lowest BCUT2D eigenvalue weighted by molar-refractivity contribution is -0.0355. The second-order valence-electron chi connectivity index (χ2n) is 12.0. The quantitative estimate of drug-likeness (QED) is 0.113. The van der Waals surface area contributed by atoms with Gasteiger partial charge in [0.05, 0.1) is 0 Å². The van der Waals surface area contributed by atoms with Crippen LogP contribution in [0.25, 0.3) is 43.1 Å². The second kappa shape index (κ2) is 9.16. The van der Waals surface area contributed by atoms with Gasteiger partial charge in [0.2, 0.25) is 0 Å². The van der Waals surface area contributed by atoms with E-state index in [1.54, 1.807) is 31.2 Å². The van der Waals surface area contributed by atoms with Crippen LogP contribution in [0.5, 0.6) is 0 Å². The molecular formula is C33H29N2O7P. The van der Waals surface area contributed by atoms with Crippen LogP contribution in [0.2, 0.25) is 0 Å². The van der Waals surface area contributed by atoms with Crippen LogP contribution in [0.1, 0.15) is 62.2 Å². The van der Waals surface area contributed by atoms with Gasteiger partial charge in [0.25, 0.3) is 23.6 Å². The number of benzene rings is 5. The van der Waals surface area contributed by atoms with E-state index in [0.29, 0.717) is 33.0 Å². The summed E-state index contributed by atoms with van der Waals surface area (Å²) in [4.78, 5) is 67.1. The molecule has 3 atom stereocenters. The Kier molecular flexibility index (Phi) is 5.89. The lowest BCUT2D eigenvalue weighted by atomic mass is 9.82. The molecular weight excluding hydrogens is 567 g/mol. The summed E-state index contributed by atoms with van der Waals surface area (Å²) in [6.45, 7) is 6.55. The number of amides is 4. The Morgan fingerprint density at radius 3 is 1.30 bits per heavy atom. The number of carbonyl (C=O) groups is 4. The summed E-state index contributed by atoms with van der Waals surface area (Å²) >= 11 is 0. The molecule has 2 aliphatic heterocycles. The molecule has 10 heteroatoms. The minimum absolute atomic E-state index is 0.118. The van der Waals surface area contributed by atoms with E-state index < -0.39 is 31.3 Å². The van der Waals surface area contributed by atoms with Gasteiger partial charge in [0, 0.05) is 64.9 Å². The Balaban J connectivity index is 1.49. The van der Waals surface area contributed by atoms with Gasteiger partial charge in [-0.1, -0.05) is 31.2 Å². The molecule has 0 saturated carbocycles. The van der Waals surface area contributed by atoms with Crippen molar-refractivity contribution in [2.45, 2.75) is 33.0 Å². The number of ether oxygens (including phenoxy) is 1. The molecule has 2 aliphatic rings. The summed E-state index contributed by atoms with van der Waals surface area (Å²) in [7, 11) is -2.07. The third kappa shape index (κ3) is 3.68. The van der Waals surface area contributed by atoms with Gasteiger partial charge in [-0.15, -0.1) is 0 Å². The van der Waals surface area contributed by atoms with E-state index in [9.17, 15) is 28.6 Å². The lowest BCUT2D eigenvalue weighted by Crippen LogP contribution is -2.51. The van der Waals surface area contributed by atoms with Gasteiger partial charge in [0.1, 0.15) is 6.23 Å². The first-order valence-electron chi connectivity index (χ1n) is 14.1. The lowest BCUT2D eigenvalue weighted by Gasteiger charge is -2.36. The highest BCUT2D eigenvalue weighted by molar-refractivity contribution is 7.57. The molecule has 7 rings (SSSR count). The molecule has 5 aromatic carbocycles. The number of nitrogens with zero attached hydrogens (tertiary/aromatic N) is 2. The topological polar surface area (TPSA) is 121 Å². The van der Waals surface area contributed by atoms with Gasteiger partial charge in [0.15, 0.2) is 7.37 Å². The van der Waals surface area contributed by atoms with Gasteiger partial charge in [-0.3, -0.25) is 28.6 Å². The highest BCUT2D eigenvalue weighted by Gasteiger charge is 2.42. The van der Waals surface area contributed by atoms with Gasteiger partial charge in [-0.05, 0) is 70.4 Å². The first-order chi connectivity index (χ1) is 20.4. The van der Waals surface area contributed by atoms with E-state index in [1.165, 1.54) is 18.7 Å². The van der Waals surface area contributed by atoms with E-state index in [2.05, 4.69) is 0 Å². The Labute approximate surface area is 246 Å². The number of fused-ring (bicyclic) bond motifs is 2. The van der Waals surface area contributed by atoms with Crippen molar-refractivity contribution in [1.29, 1.82) is 0 Å². The zero-order valence-electron chi connectivity index (χ0n) is 24.3. The maximum absolute atomic E-state index is 14.0. The van der Waals surface area contributed by atoms with Crippen molar-refractivity contribution in [1.82, 2.24) is 9.80 Å². The fraction of sp³-hybridized carbons (Fsp3) is 0.273. The van der Waals surface area contributed by atoms with Crippen molar-refractivity contribution < 1.29 is 33.4 Å². The van der Waals surface area contributed by atoms with Crippen LogP contribution in [0.3, 0.4) is 0 Å². The maximum Gasteiger partial charge on any atom is 0.263 e. The summed E-state index contributed by atoms with van der Waals surface area (Å²) < 4.78 is 17.7.